The molecule has 0 aliphatic carbocycles. The normalized spacial score (nSPS) is 11.4. The van der Waals surface area contributed by atoms with Crippen molar-refractivity contribution >= 4 is 10.3 Å². The molecule has 0 aliphatic rings. The van der Waals surface area contributed by atoms with E-state index < -0.39 is 14.7 Å². The van der Waals surface area contributed by atoms with Gasteiger partial charge in [0.1, 0.15) is 0 Å². The van der Waals surface area contributed by atoms with Crippen molar-refractivity contribution in [3.8, 4) is 0 Å². The van der Waals surface area contributed by atoms with E-state index in [4.69, 9.17) is 10.2 Å². The third kappa shape index (κ3) is 137. The van der Waals surface area contributed by atoms with E-state index in [1.807, 2.05) is 0 Å². The van der Waals surface area contributed by atoms with E-state index in [1.165, 1.54) is 0 Å². The summed E-state index contributed by atoms with van der Waals surface area (Å²) in [4.78, 5) is 0. The third-order valence-electron chi connectivity index (χ3n) is 0. The van der Waals surface area contributed by atoms with Crippen molar-refractivity contribution in [3.63, 3.8) is 0 Å². The van der Waals surface area contributed by atoms with E-state index in [2.05, 4.69) is 10.3 Å². The van der Waals surface area contributed by atoms with Crippen LogP contribution < -0.4 is 0 Å². The number of rotatable bonds is 0. The summed E-state index contributed by atoms with van der Waals surface area (Å²) in [6.45, 7) is 0. The second-order valence-electron chi connectivity index (χ2n) is 0.428. The van der Waals surface area contributed by atoms with Gasteiger partial charge in [0, 0.05) is 0 Å². The molecule has 0 heterocycles. The fraction of sp³-hybridized carbons (Fsp3) is 0. The van der Waals surface area contributed by atoms with Gasteiger partial charge >= 0.3 is 35.2 Å². The molecular weight excluding hydrogens is 264 g/mol. The van der Waals surface area contributed by atoms with Gasteiger partial charge in [-0.15, -0.1) is 0 Å². The molecule has 0 rings (SSSR count). The second-order valence-corrected chi connectivity index (χ2v) is 7.16. The third-order valence-corrected chi connectivity index (χ3v) is 0. The molecule has 0 atom stereocenters. The summed E-state index contributed by atoms with van der Waals surface area (Å²) in [5.74, 6) is 0. The van der Waals surface area contributed by atoms with E-state index in [0.29, 0.717) is 0 Å². The molecule has 0 N–H and O–H groups in total. The van der Waals surface area contributed by atoms with E-state index in [0.717, 1.165) is 0 Å². The van der Waals surface area contributed by atoms with Crippen LogP contribution in [-0.2, 0) is 24.9 Å². The molecule has 5 heavy (non-hydrogen) atoms. The predicted octanol–water partition coefficient (Wildman–Crippen LogP) is 0.0216. The van der Waals surface area contributed by atoms with Gasteiger partial charge in [-0.25, -0.2) is 0 Å². The van der Waals surface area contributed by atoms with Crippen molar-refractivity contribution in [3.05, 3.63) is 0 Å². The Morgan fingerprint density at radius 1 is 1.20 bits per heavy atom. The molecule has 5 heteroatoms. The van der Waals surface area contributed by atoms with Crippen molar-refractivity contribution in [2.45, 2.75) is 0 Å². The summed E-state index contributed by atoms with van der Waals surface area (Å²) < 4.78 is 27.2. The molecular formula is HO3SW. The molecule has 0 aromatic heterocycles. The van der Waals surface area contributed by atoms with Gasteiger partial charge in [-0.2, -0.15) is 0 Å². The molecule has 0 unspecified atom stereocenters. The van der Waals surface area contributed by atoms with Crippen LogP contribution in [0.1, 0.15) is 0 Å². The Hall–Kier alpha value is 0.438. The Morgan fingerprint density at radius 3 is 1.20 bits per heavy atom. The molecule has 0 aromatic rings. The Kier molecular flexibility index (Phi) is 1.38. The molecule has 0 fully saturated rings. The van der Waals surface area contributed by atoms with Crippen molar-refractivity contribution in [1.29, 1.82) is 0 Å². The quantitative estimate of drug-likeness (QED) is 0.628. The van der Waals surface area contributed by atoms with Crippen molar-refractivity contribution in [1.82, 2.24) is 0 Å². The fourth-order valence-corrected chi connectivity index (χ4v) is 0. The molecule has 0 radical (unpaired) electrons. The van der Waals surface area contributed by atoms with Crippen LogP contribution in [0.5, 0.6) is 0 Å². The van der Waals surface area contributed by atoms with Crippen LogP contribution in [0.25, 0.3) is 0 Å². The first-order valence-electron chi connectivity index (χ1n) is 0.683. The van der Waals surface area contributed by atoms with Crippen LogP contribution in [0.2, 0.25) is 0 Å². The average Bonchev–Trinajstić information content (AvgIpc) is 0.722. The van der Waals surface area contributed by atoms with Gasteiger partial charge in [0.15, 0.2) is 0 Å². The van der Waals surface area contributed by atoms with Crippen LogP contribution in [-0.4, -0.2) is 0 Å². The van der Waals surface area contributed by atoms with Crippen LogP contribution in [0.15, 0.2) is 0 Å². The van der Waals surface area contributed by atoms with Crippen molar-refractivity contribution in [2.75, 3.05) is 0 Å². The molecule has 0 amide bonds. The summed E-state index contributed by atoms with van der Waals surface area (Å²) in [6.07, 6.45) is 0. The summed E-state index contributed by atoms with van der Waals surface area (Å²) >= 11 is -5.22. The molecule has 0 spiro atoms. The molecule has 0 saturated heterocycles. The molecule has 3 nitrogen and oxygen atoms in total. The number of hydrogen-bond donors (Lipinski definition) is 1. The topological polar surface area (TPSA) is 51.2 Å². The van der Waals surface area contributed by atoms with Gasteiger partial charge in [0.05, 0.1) is 0 Å². The summed E-state index contributed by atoms with van der Waals surface area (Å²) in [7, 11) is 2.66. The van der Waals surface area contributed by atoms with Gasteiger partial charge in [-0.05, 0) is 0 Å². The second kappa shape index (κ2) is 1.27. The average molecular weight is 265 g/mol. The zero-order chi connectivity index (χ0) is 4.50. The van der Waals surface area contributed by atoms with Crippen LogP contribution in [0.4, 0.5) is 0 Å². The standard InChI is InChI=1S/3O.H2S.W/h;;;1H2;/q;;;;+1/p-1. The number of hydrogen-bond acceptors (Lipinski definition) is 3. The first kappa shape index (κ1) is 5.44. The molecule has 0 aromatic carbocycles. The zero-order valence-electron chi connectivity index (χ0n) is 2.08. The Bertz CT molecular complexity index is 128. The van der Waals surface area contributed by atoms with Crippen molar-refractivity contribution in [2.24, 2.45) is 0 Å². The fourth-order valence-electron chi connectivity index (χ4n) is 0. The SMILES string of the molecule is [O]=[W](=[O])(=[O])[SH]. The summed E-state index contributed by atoms with van der Waals surface area (Å²) in [5.41, 5.74) is 0. The van der Waals surface area contributed by atoms with Gasteiger partial charge in [0.25, 0.3) is 0 Å². The van der Waals surface area contributed by atoms with Crippen LogP contribution in [0, 0.1) is 0 Å². The van der Waals surface area contributed by atoms with Crippen LogP contribution in [0.3, 0.4) is 0 Å². The monoisotopic (exact) mass is 265 g/mol. The van der Waals surface area contributed by atoms with Gasteiger partial charge in [-0.1, -0.05) is 0 Å². The minimum absolute atomic E-state index is 2.66. The van der Waals surface area contributed by atoms with Gasteiger partial charge < -0.3 is 0 Å². The molecule has 0 bridgehead atoms. The van der Waals surface area contributed by atoms with Crippen molar-refractivity contribution < 1.29 is 24.9 Å². The van der Waals surface area contributed by atoms with E-state index in [-0.39, 0.29) is 0 Å². The maximum absolute atomic E-state index is 9.07. The van der Waals surface area contributed by atoms with E-state index in [9.17, 15) is 0 Å². The molecule has 0 saturated carbocycles. The van der Waals surface area contributed by atoms with E-state index >= 15 is 0 Å². The van der Waals surface area contributed by atoms with Gasteiger partial charge in [0.2, 0.25) is 0 Å². The summed E-state index contributed by atoms with van der Waals surface area (Å²) in [5, 5.41) is 0. The number of thiol groups is 1. The Balaban J connectivity index is 4.87. The van der Waals surface area contributed by atoms with Crippen LogP contribution >= 0.6 is 10.3 Å². The predicted molar refractivity (Wildman–Crippen MR) is 11.0 cm³/mol. The first-order chi connectivity index (χ1) is 2.00. The minimum atomic E-state index is -5.22. The Labute approximate surface area is 35.6 Å². The molecule has 0 aliphatic heterocycles. The van der Waals surface area contributed by atoms with E-state index in [1.54, 1.807) is 0 Å². The maximum atomic E-state index is 9.07. The first-order valence-corrected chi connectivity index (χ1v) is 8.58. The zero-order valence-corrected chi connectivity index (χ0v) is 5.91. The summed E-state index contributed by atoms with van der Waals surface area (Å²) in [6, 6.07) is 0. The molecule has 31 valence electrons. The van der Waals surface area contributed by atoms with Gasteiger partial charge in [-0.3, -0.25) is 0 Å². The Morgan fingerprint density at radius 2 is 1.20 bits per heavy atom.